The molecule has 1 unspecified atom stereocenters. The van der Waals surface area contributed by atoms with Crippen molar-refractivity contribution >= 4 is 21.9 Å². The van der Waals surface area contributed by atoms with Gasteiger partial charge in [-0.15, -0.1) is 0 Å². The van der Waals surface area contributed by atoms with Gasteiger partial charge in [-0.3, -0.25) is 9.59 Å². The van der Waals surface area contributed by atoms with Crippen LogP contribution in [0.15, 0.2) is 30.3 Å². The molecule has 0 spiro atoms. The summed E-state index contributed by atoms with van der Waals surface area (Å²) in [7, 11) is -3.74. The lowest BCUT2D eigenvalue weighted by molar-refractivity contribution is -0.143. The minimum atomic E-state index is -3.74. The van der Waals surface area contributed by atoms with Gasteiger partial charge in [0.15, 0.2) is 0 Å². The van der Waals surface area contributed by atoms with Gasteiger partial charge in [-0.2, -0.15) is 0 Å². The van der Waals surface area contributed by atoms with Crippen LogP contribution in [0.5, 0.6) is 0 Å². The van der Waals surface area contributed by atoms with Crippen LogP contribution < -0.4 is 10.0 Å². The van der Waals surface area contributed by atoms with Crippen molar-refractivity contribution in [2.45, 2.75) is 58.0 Å². The molecule has 1 aromatic carbocycles. The summed E-state index contributed by atoms with van der Waals surface area (Å²) < 4.78 is 32.3. The average molecular weight is 411 g/mol. The molecule has 1 atom stereocenters. The fraction of sp³-hybridized carbons (Fsp3) is 0.600. The lowest BCUT2D eigenvalue weighted by Gasteiger charge is -2.26. The third-order valence-corrected chi connectivity index (χ3v) is 6.23. The largest absolute Gasteiger partial charge is 0.466 e. The maximum absolute atomic E-state index is 12.4. The van der Waals surface area contributed by atoms with Crippen LogP contribution >= 0.6 is 0 Å². The number of benzene rings is 1. The highest BCUT2D eigenvalue weighted by molar-refractivity contribution is 7.90. The van der Waals surface area contributed by atoms with E-state index in [1.807, 2.05) is 6.07 Å². The molecule has 2 N–H and O–H groups in total. The van der Waals surface area contributed by atoms with Crippen LogP contribution in [0.4, 0.5) is 0 Å². The summed E-state index contributed by atoms with van der Waals surface area (Å²) in [5, 5.41) is 2.66. The van der Waals surface area contributed by atoms with Gasteiger partial charge in [0.25, 0.3) is 0 Å². The summed E-state index contributed by atoms with van der Waals surface area (Å²) in [5.41, 5.74) is 0.718. The van der Waals surface area contributed by atoms with Crippen LogP contribution in [-0.4, -0.2) is 38.7 Å². The Morgan fingerprint density at radius 3 is 2.39 bits per heavy atom. The highest BCUT2D eigenvalue weighted by atomic mass is 32.2. The van der Waals surface area contributed by atoms with Gasteiger partial charge in [-0.25, -0.2) is 13.1 Å². The molecule has 8 heteroatoms. The topological polar surface area (TPSA) is 102 Å². The van der Waals surface area contributed by atoms with E-state index in [-0.39, 0.29) is 19.1 Å². The van der Waals surface area contributed by atoms with E-state index >= 15 is 0 Å². The van der Waals surface area contributed by atoms with E-state index in [1.54, 1.807) is 31.2 Å². The summed E-state index contributed by atoms with van der Waals surface area (Å²) in [6.45, 7) is 4.11. The number of hydrogen-bond donors (Lipinski definition) is 2. The summed E-state index contributed by atoms with van der Waals surface area (Å²) in [6, 6.07) is 8.22. The number of hydrogen-bond acceptors (Lipinski definition) is 5. The Morgan fingerprint density at radius 1 is 1.14 bits per heavy atom. The summed E-state index contributed by atoms with van der Waals surface area (Å²) in [6.07, 6.45) is 3.48. The smallest absolute Gasteiger partial charge is 0.308 e. The fourth-order valence-electron chi connectivity index (χ4n) is 3.41. The zero-order valence-electron chi connectivity index (χ0n) is 16.5. The van der Waals surface area contributed by atoms with Crippen molar-refractivity contribution in [2.75, 3.05) is 12.4 Å². The molecular weight excluding hydrogens is 380 g/mol. The lowest BCUT2D eigenvalue weighted by Crippen LogP contribution is -2.43. The Hall–Kier alpha value is -1.93. The second-order valence-electron chi connectivity index (χ2n) is 7.37. The van der Waals surface area contributed by atoms with Crippen LogP contribution in [0.1, 0.15) is 57.6 Å². The van der Waals surface area contributed by atoms with Crippen molar-refractivity contribution < 1.29 is 22.7 Å². The summed E-state index contributed by atoms with van der Waals surface area (Å²) in [5.74, 6) is -1.15. The monoisotopic (exact) mass is 410 g/mol. The molecule has 156 valence electrons. The van der Waals surface area contributed by atoms with Gasteiger partial charge in [0.1, 0.15) is 5.75 Å². The number of amides is 1. The van der Waals surface area contributed by atoms with Gasteiger partial charge in [-0.05, 0) is 44.1 Å². The van der Waals surface area contributed by atoms with Gasteiger partial charge in [-0.1, -0.05) is 37.3 Å². The number of ether oxygens (including phenoxy) is 1. The molecular formula is C20H30N2O5S. The zero-order chi connectivity index (χ0) is 20.6. The Kier molecular flexibility index (Phi) is 8.44. The minimum absolute atomic E-state index is 0.0580. The number of nitrogens with one attached hydrogen (secondary N) is 2. The van der Waals surface area contributed by atoms with Gasteiger partial charge >= 0.3 is 5.97 Å². The van der Waals surface area contributed by atoms with Gasteiger partial charge in [0.05, 0.1) is 19.1 Å². The second-order valence-corrected chi connectivity index (χ2v) is 9.13. The first kappa shape index (κ1) is 22.4. The van der Waals surface area contributed by atoms with Crippen LogP contribution in [0, 0.1) is 5.92 Å². The highest BCUT2D eigenvalue weighted by Gasteiger charge is 2.26. The fourth-order valence-corrected chi connectivity index (χ4v) is 4.66. The van der Waals surface area contributed by atoms with E-state index in [0.29, 0.717) is 5.92 Å². The van der Waals surface area contributed by atoms with Crippen LogP contribution in [0.3, 0.4) is 0 Å². The average Bonchev–Trinajstić information content (AvgIpc) is 2.63. The van der Waals surface area contributed by atoms with Crippen molar-refractivity contribution in [3.63, 3.8) is 0 Å². The Balaban J connectivity index is 1.97. The number of carbonyl (C=O) groups excluding carboxylic acids is 2. The molecule has 2 rings (SSSR count). The van der Waals surface area contributed by atoms with E-state index in [2.05, 4.69) is 17.0 Å². The van der Waals surface area contributed by atoms with Gasteiger partial charge < -0.3 is 10.1 Å². The molecule has 1 saturated carbocycles. The molecule has 28 heavy (non-hydrogen) atoms. The maximum atomic E-state index is 12.4. The molecule has 0 radical (unpaired) electrons. The van der Waals surface area contributed by atoms with E-state index < -0.39 is 33.7 Å². The molecule has 1 aliphatic carbocycles. The van der Waals surface area contributed by atoms with Crippen LogP contribution in [0.25, 0.3) is 0 Å². The molecule has 1 fully saturated rings. The summed E-state index contributed by atoms with van der Waals surface area (Å²) >= 11 is 0. The molecule has 0 aromatic heterocycles. The third kappa shape index (κ3) is 7.59. The molecule has 0 bridgehead atoms. The second kappa shape index (κ2) is 10.6. The van der Waals surface area contributed by atoms with Gasteiger partial charge in [0.2, 0.25) is 15.9 Å². The van der Waals surface area contributed by atoms with Crippen LogP contribution in [-0.2, 0) is 24.3 Å². The minimum Gasteiger partial charge on any atom is -0.466 e. The molecule has 7 nitrogen and oxygen atoms in total. The number of sulfonamides is 1. The molecule has 0 saturated heterocycles. The molecule has 1 aromatic rings. The van der Waals surface area contributed by atoms with E-state index in [0.717, 1.165) is 31.2 Å². The molecule has 0 heterocycles. The Bertz CT molecular complexity index is 743. The number of carbonyl (C=O) groups is 2. The van der Waals surface area contributed by atoms with Crippen molar-refractivity contribution in [1.29, 1.82) is 0 Å². The quantitative estimate of drug-likeness (QED) is 0.608. The highest BCUT2D eigenvalue weighted by Crippen LogP contribution is 2.24. The van der Waals surface area contributed by atoms with Crippen molar-refractivity contribution in [3.8, 4) is 0 Å². The van der Waals surface area contributed by atoms with Crippen molar-refractivity contribution in [1.82, 2.24) is 10.0 Å². The first-order valence-electron chi connectivity index (χ1n) is 9.79. The predicted molar refractivity (Wildman–Crippen MR) is 107 cm³/mol. The number of esters is 1. The van der Waals surface area contributed by atoms with Crippen LogP contribution in [0.2, 0.25) is 0 Å². The standard InChI is InChI=1S/C20H30N2O5S/c1-3-27-20(24)13-18(16-7-5-4-6-8-16)21-19(23)14-28(25,26)22-17-11-9-15(2)10-12-17/h4-8,15,17-18,22H,3,9-14H2,1-2H3,(H,21,23). The number of rotatable bonds is 9. The maximum Gasteiger partial charge on any atom is 0.308 e. The Labute approximate surface area is 167 Å². The first-order valence-corrected chi connectivity index (χ1v) is 11.4. The molecule has 0 aliphatic heterocycles. The predicted octanol–water partition coefficient (Wildman–Crippen LogP) is 2.30. The Morgan fingerprint density at radius 2 is 1.79 bits per heavy atom. The molecule has 1 aliphatic rings. The lowest BCUT2D eigenvalue weighted by atomic mass is 9.88. The SMILES string of the molecule is CCOC(=O)CC(NC(=O)CS(=O)(=O)NC1CCC(C)CC1)c1ccccc1. The normalized spacial score (nSPS) is 20.9. The zero-order valence-corrected chi connectivity index (χ0v) is 17.3. The first-order chi connectivity index (χ1) is 13.3. The van der Waals surface area contributed by atoms with E-state index in [4.69, 9.17) is 4.74 Å². The van der Waals surface area contributed by atoms with E-state index in [9.17, 15) is 18.0 Å². The summed E-state index contributed by atoms with van der Waals surface area (Å²) in [4.78, 5) is 24.3. The van der Waals surface area contributed by atoms with Crippen molar-refractivity contribution in [3.05, 3.63) is 35.9 Å². The van der Waals surface area contributed by atoms with E-state index in [1.165, 1.54) is 0 Å². The van der Waals surface area contributed by atoms with Gasteiger partial charge in [0, 0.05) is 6.04 Å². The third-order valence-electron chi connectivity index (χ3n) is 4.90. The van der Waals surface area contributed by atoms with Crippen molar-refractivity contribution in [2.24, 2.45) is 5.92 Å². The molecule has 1 amide bonds.